The van der Waals surface area contributed by atoms with Crippen molar-refractivity contribution in [3.8, 4) is 0 Å². The summed E-state index contributed by atoms with van der Waals surface area (Å²) in [5, 5.41) is 14.1. The molecule has 1 heterocycles. The fourth-order valence-electron chi connectivity index (χ4n) is 3.29. The number of hydrogen-bond acceptors (Lipinski definition) is 3. The Labute approximate surface area is 146 Å². The lowest BCUT2D eigenvalue weighted by atomic mass is 10.0. The van der Waals surface area contributed by atoms with Gasteiger partial charge >= 0.3 is 0 Å². The molecule has 1 aliphatic rings. The van der Waals surface area contributed by atoms with Crippen molar-refractivity contribution in [1.29, 1.82) is 0 Å². The summed E-state index contributed by atoms with van der Waals surface area (Å²) in [5.41, 5.74) is 2.53. The molecule has 0 aliphatic carbocycles. The lowest BCUT2D eigenvalue weighted by molar-refractivity contribution is -0.138. The normalized spacial score (nSPS) is 17.0. The van der Waals surface area contributed by atoms with Crippen LogP contribution in [-0.2, 0) is 11.2 Å². The average Bonchev–Trinajstić information content (AvgIpc) is 2.86. The Bertz CT molecular complexity index is 513. The second-order valence-electron chi connectivity index (χ2n) is 7.38. The van der Waals surface area contributed by atoms with Gasteiger partial charge in [0.25, 0.3) is 0 Å². The highest BCUT2D eigenvalue weighted by Gasteiger charge is 2.28. The van der Waals surface area contributed by atoms with E-state index in [9.17, 15) is 9.90 Å². The number of aryl methyl sites for hydroxylation is 1. The summed E-state index contributed by atoms with van der Waals surface area (Å²) >= 11 is 0. The second kappa shape index (κ2) is 9.19. The topological polar surface area (TPSA) is 43.8 Å². The van der Waals surface area contributed by atoms with Gasteiger partial charge in [0.05, 0.1) is 6.10 Å². The van der Waals surface area contributed by atoms with Gasteiger partial charge in [-0.3, -0.25) is 9.80 Å². The van der Waals surface area contributed by atoms with E-state index in [1.165, 1.54) is 11.1 Å². The number of aliphatic hydroxyl groups excluding tert-OH is 1. The summed E-state index contributed by atoms with van der Waals surface area (Å²) in [5.74, 6) is 0.754. The van der Waals surface area contributed by atoms with Crippen LogP contribution in [0.2, 0.25) is 0 Å². The van der Waals surface area contributed by atoms with Crippen molar-refractivity contribution >= 4 is 5.91 Å². The number of amides is 1. The number of aliphatic hydroxyl groups is 1. The van der Waals surface area contributed by atoms with Crippen LogP contribution >= 0.6 is 0 Å². The van der Waals surface area contributed by atoms with Crippen LogP contribution in [0, 0.1) is 12.8 Å². The van der Waals surface area contributed by atoms with Crippen molar-refractivity contribution in [2.24, 2.45) is 5.92 Å². The Morgan fingerprint density at radius 3 is 2.54 bits per heavy atom. The Morgan fingerprint density at radius 1 is 1.17 bits per heavy atom. The summed E-state index contributed by atoms with van der Waals surface area (Å²) in [6.45, 7) is 8.77. The zero-order valence-corrected chi connectivity index (χ0v) is 15.4. The van der Waals surface area contributed by atoms with Crippen molar-refractivity contribution in [2.45, 2.75) is 59.0 Å². The van der Waals surface area contributed by atoms with Crippen molar-refractivity contribution < 1.29 is 9.90 Å². The maximum Gasteiger partial charge on any atom is 0.238 e. The molecule has 24 heavy (non-hydrogen) atoms. The van der Waals surface area contributed by atoms with Gasteiger partial charge in [0, 0.05) is 26.1 Å². The zero-order chi connectivity index (χ0) is 17.5. The van der Waals surface area contributed by atoms with Crippen LogP contribution in [0.4, 0.5) is 0 Å². The molecular formula is C20H32N2O2. The van der Waals surface area contributed by atoms with Gasteiger partial charge in [-0.15, -0.1) is 0 Å². The Morgan fingerprint density at radius 2 is 1.88 bits per heavy atom. The molecule has 1 aliphatic heterocycles. The third-order valence-corrected chi connectivity index (χ3v) is 4.64. The minimum Gasteiger partial charge on any atom is -0.393 e. The molecule has 1 amide bonds. The van der Waals surface area contributed by atoms with E-state index in [2.05, 4.69) is 50.0 Å². The van der Waals surface area contributed by atoms with Crippen LogP contribution in [0.3, 0.4) is 0 Å². The molecule has 4 nitrogen and oxygen atoms in total. The van der Waals surface area contributed by atoms with Crippen molar-refractivity contribution in [2.75, 3.05) is 19.6 Å². The summed E-state index contributed by atoms with van der Waals surface area (Å²) in [4.78, 5) is 12.1. The first-order valence-corrected chi connectivity index (χ1v) is 9.24. The fraction of sp³-hybridized carbons (Fsp3) is 0.650. The van der Waals surface area contributed by atoms with Crippen LogP contribution in [0.25, 0.3) is 0 Å². The number of hydrazine groups is 1. The zero-order valence-electron chi connectivity index (χ0n) is 15.4. The van der Waals surface area contributed by atoms with Crippen LogP contribution < -0.4 is 0 Å². The van der Waals surface area contributed by atoms with Gasteiger partial charge in [0.2, 0.25) is 5.91 Å². The molecule has 134 valence electrons. The molecule has 0 saturated carbocycles. The quantitative estimate of drug-likeness (QED) is 0.755. The average molecular weight is 332 g/mol. The Balaban J connectivity index is 1.77. The van der Waals surface area contributed by atoms with Gasteiger partial charge in [-0.1, -0.05) is 43.7 Å². The van der Waals surface area contributed by atoms with Crippen LogP contribution in [0.1, 0.15) is 50.7 Å². The number of benzene rings is 1. The minimum absolute atomic E-state index is 0.218. The molecule has 0 radical (unpaired) electrons. The molecule has 0 spiro atoms. The van der Waals surface area contributed by atoms with Gasteiger partial charge in [0.1, 0.15) is 0 Å². The highest BCUT2D eigenvalue weighted by atomic mass is 16.3. The lowest BCUT2D eigenvalue weighted by Gasteiger charge is -2.28. The maximum atomic E-state index is 12.1. The molecule has 0 bridgehead atoms. The third kappa shape index (κ3) is 5.91. The van der Waals surface area contributed by atoms with E-state index in [0.717, 1.165) is 45.3 Å². The largest absolute Gasteiger partial charge is 0.393 e. The molecule has 1 saturated heterocycles. The van der Waals surface area contributed by atoms with Gasteiger partial charge in [-0.25, -0.2) is 5.01 Å². The molecule has 1 N–H and O–H groups in total. The van der Waals surface area contributed by atoms with Gasteiger partial charge in [0.15, 0.2) is 0 Å². The SMILES string of the molecule is Cc1ccc(CCN2C(=O)CCN2CCCC(O)CC(C)C)cc1. The number of carbonyl (C=O) groups is 1. The van der Waals surface area contributed by atoms with E-state index < -0.39 is 0 Å². The van der Waals surface area contributed by atoms with Crippen LogP contribution in [-0.4, -0.2) is 46.8 Å². The fourth-order valence-corrected chi connectivity index (χ4v) is 3.29. The first-order chi connectivity index (χ1) is 11.5. The van der Waals surface area contributed by atoms with Crippen molar-refractivity contribution in [1.82, 2.24) is 10.0 Å². The number of hydrogen-bond donors (Lipinski definition) is 1. The van der Waals surface area contributed by atoms with Crippen LogP contribution in [0.15, 0.2) is 24.3 Å². The molecule has 1 fully saturated rings. The molecule has 1 unspecified atom stereocenters. The number of carbonyl (C=O) groups excluding carboxylic acids is 1. The monoisotopic (exact) mass is 332 g/mol. The predicted molar refractivity (Wildman–Crippen MR) is 97.5 cm³/mol. The Kier molecular flexibility index (Phi) is 7.25. The first-order valence-electron chi connectivity index (χ1n) is 9.24. The molecule has 2 rings (SSSR count). The number of nitrogens with zero attached hydrogens (tertiary/aromatic N) is 2. The van der Waals surface area contributed by atoms with Gasteiger partial charge in [-0.2, -0.15) is 0 Å². The van der Waals surface area contributed by atoms with Gasteiger partial charge < -0.3 is 5.11 Å². The van der Waals surface area contributed by atoms with E-state index in [1.54, 1.807) is 0 Å². The van der Waals surface area contributed by atoms with E-state index in [0.29, 0.717) is 12.3 Å². The molecule has 1 aromatic carbocycles. The summed E-state index contributed by atoms with van der Waals surface area (Å²) in [6, 6.07) is 8.52. The Hall–Kier alpha value is -1.39. The molecule has 1 atom stereocenters. The standard InChI is InChI=1S/C20H32N2O2/c1-16(2)15-19(23)5-4-12-21-13-11-20(24)22(21)14-10-18-8-6-17(3)7-9-18/h6-9,16,19,23H,4-5,10-15H2,1-3H3. The summed E-state index contributed by atoms with van der Waals surface area (Å²) in [7, 11) is 0. The minimum atomic E-state index is -0.218. The van der Waals surface area contributed by atoms with Gasteiger partial charge in [-0.05, 0) is 44.1 Å². The van der Waals surface area contributed by atoms with Crippen molar-refractivity contribution in [3.63, 3.8) is 0 Å². The molecular weight excluding hydrogens is 300 g/mol. The second-order valence-corrected chi connectivity index (χ2v) is 7.38. The summed E-state index contributed by atoms with van der Waals surface area (Å²) < 4.78 is 0. The highest BCUT2D eigenvalue weighted by Crippen LogP contribution is 2.16. The van der Waals surface area contributed by atoms with E-state index in [4.69, 9.17) is 0 Å². The van der Waals surface area contributed by atoms with E-state index in [1.807, 2.05) is 5.01 Å². The maximum absolute atomic E-state index is 12.1. The lowest BCUT2D eigenvalue weighted by Crippen LogP contribution is -2.41. The molecule has 1 aromatic rings. The predicted octanol–water partition coefficient (Wildman–Crippen LogP) is 3.17. The number of rotatable bonds is 9. The highest BCUT2D eigenvalue weighted by molar-refractivity contribution is 5.77. The third-order valence-electron chi connectivity index (χ3n) is 4.64. The first kappa shape index (κ1) is 18.9. The summed E-state index contributed by atoms with van der Waals surface area (Å²) in [6.07, 6.45) is 3.89. The molecule has 0 aromatic heterocycles. The van der Waals surface area contributed by atoms with Crippen molar-refractivity contribution in [3.05, 3.63) is 35.4 Å². The van der Waals surface area contributed by atoms with E-state index >= 15 is 0 Å². The smallest absolute Gasteiger partial charge is 0.238 e. The molecule has 4 heteroatoms. The van der Waals surface area contributed by atoms with E-state index in [-0.39, 0.29) is 12.0 Å². The van der Waals surface area contributed by atoms with Crippen LogP contribution in [0.5, 0.6) is 0 Å².